The second-order valence-electron chi connectivity index (χ2n) is 7.85. The number of hydrogen-bond donors (Lipinski definition) is 1. The van der Waals surface area contributed by atoms with Crippen LogP contribution in [0, 0.1) is 5.92 Å². The monoisotopic (exact) mass is 406 g/mol. The van der Waals surface area contributed by atoms with Crippen molar-refractivity contribution in [2.45, 2.75) is 26.4 Å². The fraction of sp³-hybridized carbons (Fsp3) is 0.320. The van der Waals surface area contributed by atoms with E-state index in [9.17, 15) is 4.79 Å². The average molecular weight is 407 g/mol. The van der Waals surface area contributed by atoms with Gasteiger partial charge in [-0.1, -0.05) is 44.2 Å². The fourth-order valence-electron chi connectivity index (χ4n) is 3.53. The van der Waals surface area contributed by atoms with E-state index in [0.29, 0.717) is 6.54 Å². The first-order valence-electron chi connectivity index (χ1n) is 10.1. The van der Waals surface area contributed by atoms with Gasteiger partial charge in [0.1, 0.15) is 11.5 Å². The predicted molar refractivity (Wildman–Crippen MR) is 121 cm³/mol. The maximum Gasteiger partial charge on any atom is 0.317 e. The molecule has 2 amide bonds. The minimum absolute atomic E-state index is 0.0741. The number of urea groups is 1. The molecule has 0 heterocycles. The lowest BCUT2D eigenvalue weighted by atomic mass is 9.96. The van der Waals surface area contributed by atoms with Gasteiger partial charge < -0.3 is 19.7 Å². The summed E-state index contributed by atoms with van der Waals surface area (Å²) < 4.78 is 10.5. The molecule has 0 aliphatic carbocycles. The zero-order chi connectivity index (χ0) is 21.7. The second-order valence-corrected chi connectivity index (χ2v) is 7.85. The topological polar surface area (TPSA) is 50.8 Å². The Hall–Kier alpha value is -3.21. The van der Waals surface area contributed by atoms with Crippen molar-refractivity contribution >= 4 is 16.8 Å². The summed E-state index contributed by atoms with van der Waals surface area (Å²) in [6, 6.07) is 19.9. The number of nitrogens with one attached hydrogen (secondary N) is 1. The molecular formula is C25H30N2O3. The van der Waals surface area contributed by atoms with E-state index in [2.05, 4.69) is 37.4 Å². The normalized spacial score (nSPS) is 11.9. The van der Waals surface area contributed by atoms with E-state index in [1.54, 1.807) is 19.1 Å². The molecule has 0 spiro atoms. The minimum Gasteiger partial charge on any atom is -0.497 e. The van der Waals surface area contributed by atoms with E-state index in [-0.39, 0.29) is 18.0 Å². The van der Waals surface area contributed by atoms with Crippen LogP contribution in [0.4, 0.5) is 4.79 Å². The van der Waals surface area contributed by atoms with Gasteiger partial charge in [-0.15, -0.1) is 0 Å². The SMILES string of the molecule is COc1ccc([C@H](NC(=O)N(C)Cc2ccc3cc(OC)ccc3c2)C(C)C)cc1. The van der Waals surface area contributed by atoms with Crippen LogP contribution in [-0.2, 0) is 6.54 Å². The molecule has 0 saturated heterocycles. The van der Waals surface area contributed by atoms with Crippen LogP contribution < -0.4 is 14.8 Å². The van der Waals surface area contributed by atoms with Gasteiger partial charge in [-0.05, 0) is 58.1 Å². The maximum absolute atomic E-state index is 12.9. The molecule has 1 N–H and O–H groups in total. The van der Waals surface area contributed by atoms with Gasteiger partial charge in [-0.3, -0.25) is 0 Å². The summed E-state index contributed by atoms with van der Waals surface area (Å²) in [6.07, 6.45) is 0. The van der Waals surface area contributed by atoms with Crippen LogP contribution in [0.5, 0.6) is 11.5 Å². The first-order chi connectivity index (χ1) is 14.4. The minimum atomic E-state index is -0.0978. The maximum atomic E-state index is 12.9. The zero-order valence-electron chi connectivity index (χ0n) is 18.3. The molecule has 0 fully saturated rings. The van der Waals surface area contributed by atoms with Crippen LogP contribution in [-0.4, -0.2) is 32.2 Å². The molecule has 5 nitrogen and oxygen atoms in total. The smallest absolute Gasteiger partial charge is 0.317 e. The van der Waals surface area contributed by atoms with Gasteiger partial charge in [-0.25, -0.2) is 4.79 Å². The predicted octanol–water partition coefficient (Wildman–Crippen LogP) is 5.40. The Balaban J connectivity index is 1.69. The molecule has 3 aromatic carbocycles. The van der Waals surface area contributed by atoms with E-state index < -0.39 is 0 Å². The van der Waals surface area contributed by atoms with Gasteiger partial charge in [0.15, 0.2) is 0 Å². The largest absolute Gasteiger partial charge is 0.497 e. The summed E-state index contributed by atoms with van der Waals surface area (Å²) in [6.45, 7) is 4.74. The lowest BCUT2D eigenvalue weighted by molar-refractivity contribution is 0.199. The van der Waals surface area contributed by atoms with E-state index in [4.69, 9.17) is 9.47 Å². The Kier molecular flexibility index (Phi) is 6.83. The molecule has 3 aromatic rings. The van der Waals surface area contributed by atoms with Gasteiger partial charge in [0.05, 0.1) is 20.3 Å². The van der Waals surface area contributed by atoms with Crippen molar-refractivity contribution in [2.24, 2.45) is 5.92 Å². The van der Waals surface area contributed by atoms with Crippen molar-refractivity contribution < 1.29 is 14.3 Å². The summed E-state index contributed by atoms with van der Waals surface area (Å²) in [7, 11) is 5.13. The molecule has 0 radical (unpaired) electrons. The summed E-state index contributed by atoms with van der Waals surface area (Å²) in [4.78, 5) is 14.6. The number of hydrogen-bond acceptors (Lipinski definition) is 3. The number of ether oxygens (including phenoxy) is 2. The van der Waals surface area contributed by atoms with Crippen LogP contribution in [0.15, 0.2) is 60.7 Å². The van der Waals surface area contributed by atoms with Crippen molar-refractivity contribution in [3.63, 3.8) is 0 Å². The number of carbonyl (C=O) groups excluding carboxylic acids is 1. The molecule has 0 saturated carbocycles. The number of benzene rings is 3. The molecule has 3 rings (SSSR count). The van der Waals surface area contributed by atoms with Crippen LogP contribution in [0.25, 0.3) is 10.8 Å². The Morgan fingerprint density at radius 3 is 2.13 bits per heavy atom. The zero-order valence-corrected chi connectivity index (χ0v) is 18.3. The third kappa shape index (κ3) is 5.03. The Bertz CT molecular complexity index is 999. The van der Waals surface area contributed by atoms with Gasteiger partial charge in [0, 0.05) is 13.6 Å². The number of amides is 2. The molecule has 158 valence electrons. The van der Waals surface area contributed by atoms with Gasteiger partial charge in [0.2, 0.25) is 0 Å². The van der Waals surface area contributed by atoms with Crippen LogP contribution in [0.2, 0.25) is 0 Å². The molecule has 1 atom stereocenters. The molecule has 5 heteroatoms. The molecular weight excluding hydrogens is 376 g/mol. The van der Waals surface area contributed by atoms with Crippen LogP contribution in [0.1, 0.15) is 31.0 Å². The standard InChI is InChI=1S/C25H30N2O3/c1-17(2)24(19-8-11-22(29-4)12-9-19)26-25(28)27(3)16-18-6-7-21-15-23(30-5)13-10-20(21)14-18/h6-15,17,24H,16H2,1-5H3,(H,26,28)/t24-/m1/s1. The first-order valence-corrected chi connectivity index (χ1v) is 10.1. The Morgan fingerprint density at radius 2 is 1.50 bits per heavy atom. The average Bonchev–Trinajstić information content (AvgIpc) is 2.76. The molecule has 30 heavy (non-hydrogen) atoms. The third-order valence-electron chi connectivity index (χ3n) is 5.30. The highest BCUT2D eigenvalue weighted by Gasteiger charge is 2.20. The number of carbonyl (C=O) groups is 1. The lowest BCUT2D eigenvalue weighted by Gasteiger charge is -2.27. The Labute approximate surface area is 178 Å². The Morgan fingerprint density at radius 1 is 0.900 bits per heavy atom. The first kappa shape index (κ1) is 21.5. The van der Waals surface area contributed by atoms with E-state index in [1.165, 1.54) is 0 Å². The van der Waals surface area contributed by atoms with Crippen molar-refractivity contribution in [3.05, 3.63) is 71.8 Å². The van der Waals surface area contributed by atoms with Gasteiger partial charge in [0.25, 0.3) is 0 Å². The fourth-order valence-corrected chi connectivity index (χ4v) is 3.53. The van der Waals surface area contributed by atoms with E-state index in [0.717, 1.165) is 33.4 Å². The van der Waals surface area contributed by atoms with Crippen molar-refractivity contribution in [3.8, 4) is 11.5 Å². The van der Waals surface area contributed by atoms with E-state index in [1.807, 2.05) is 49.5 Å². The van der Waals surface area contributed by atoms with Crippen LogP contribution in [0.3, 0.4) is 0 Å². The molecule has 0 aliphatic rings. The number of methoxy groups -OCH3 is 2. The quantitative estimate of drug-likeness (QED) is 0.572. The second kappa shape index (κ2) is 9.53. The number of nitrogens with zero attached hydrogens (tertiary/aromatic N) is 1. The third-order valence-corrected chi connectivity index (χ3v) is 5.30. The van der Waals surface area contributed by atoms with Gasteiger partial charge in [-0.2, -0.15) is 0 Å². The van der Waals surface area contributed by atoms with Gasteiger partial charge >= 0.3 is 6.03 Å². The molecule has 0 aromatic heterocycles. The van der Waals surface area contributed by atoms with Crippen molar-refractivity contribution in [2.75, 3.05) is 21.3 Å². The number of rotatable bonds is 7. The highest BCUT2D eigenvalue weighted by atomic mass is 16.5. The summed E-state index contributed by atoms with van der Waals surface area (Å²) >= 11 is 0. The summed E-state index contributed by atoms with van der Waals surface area (Å²) in [5, 5.41) is 5.41. The highest BCUT2D eigenvalue weighted by molar-refractivity contribution is 5.84. The summed E-state index contributed by atoms with van der Waals surface area (Å²) in [5.41, 5.74) is 2.14. The van der Waals surface area contributed by atoms with Crippen molar-refractivity contribution in [1.29, 1.82) is 0 Å². The van der Waals surface area contributed by atoms with Crippen molar-refractivity contribution in [1.82, 2.24) is 10.2 Å². The van der Waals surface area contributed by atoms with E-state index >= 15 is 0 Å². The molecule has 0 bridgehead atoms. The van der Waals surface area contributed by atoms with Crippen LogP contribution >= 0.6 is 0 Å². The number of fused-ring (bicyclic) bond motifs is 1. The highest BCUT2D eigenvalue weighted by Crippen LogP contribution is 2.25. The summed E-state index contributed by atoms with van der Waals surface area (Å²) in [5.74, 6) is 1.90. The lowest BCUT2D eigenvalue weighted by Crippen LogP contribution is -2.40. The molecule has 0 aliphatic heterocycles. The molecule has 0 unspecified atom stereocenters.